The molecule has 9 nitrogen and oxygen atoms in total. The van der Waals surface area contributed by atoms with Gasteiger partial charge in [0.2, 0.25) is 0 Å². The first-order valence-corrected chi connectivity index (χ1v) is 13.4. The van der Waals surface area contributed by atoms with Crippen molar-refractivity contribution in [2.24, 2.45) is 0 Å². The Hall–Kier alpha value is -3.67. The van der Waals surface area contributed by atoms with Crippen LogP contribution in [-0.4, -0.2) is 37.0 Å². The molecule has 1 aliphatic rings. The van der Waals surface area contributed by atoms with Gasteiger partial charge in [-0.3, -0.25) is 19.7 Å². The van der Waals surface area contributed by atoms with Gasteiger partial charge in [0.25, 0.3) is 17.7 Å². The zero-order valence-corrected chi connectivity index (χ0v) is 24.2. The highest BCUT2D eigenvalue weighted by atomic mass is 79.9. The highest BCUT2D eigenvalue weighted by molar-refractivity contribution is 9.11. The highest BCUT2D eigenvalue weighted by Crippen LogP contribution is 2.35. The smallest absolute Gasteiger partial charge is 0.335 e. The zero-order chi connectivity index (χ0) is 28.1. The molecule has 1 aliphatic heterocycles. The van der Waals surface area contributed by atoms with Crippen LogP contribution in [0.5, 0.6) is 11.5 Å². The van der Waals surface area contributed by atoms with Crippen LogP contribution in [0.25, 0.3) is 6.08 Å². The SMILES string of the molecule is CCOc1ccc(N2C(=O)NC(=O)/C(=C\c3cc(Br)cc(Br)c3OCC(=O)Nc3ccccc3Cl)C2=O)cc1. The molecule has 12 heteroatoms. The number of imide groups is 2. The van der Waals surface area contributed by atoms with Crippen LogP contribution in [0.1, 0.15) is 12.5 Å². The lowest BCUT2D eigenvalue weighted by Crippen LogP contribution is -2.54. The number of rotatable bonds is 8. The number of carbonyl (C=O) groups excluding carboxylic acids is 4. The third-order valence-corrected chi connectivity index (χ3v) is 6.72. The summed E-state index contributed by atoms with van der Waals surface area (Å²) in [6.07, 6.45) is 1.29. The molecule has 1 fully saturated rings. The third kappa shape index (κ3) is 6.67. The summed E-state index contributed by atoms with van der Waals surface area (Å²) >= 11 is 12.9. The molecule has 200 valence electrons. The minimum atomic E-state index is -0.880. The van der Waals surface area contributed by atoms with Gasteiger partial charge in [-0.05, 0) is 77.5 Å². The van der Waals surface area contributed by atoms with Crippen molar-refractivity contribution in [1.82, 2.24) is 5.32 Å². The number of anilines is 2. The maximum atomic E-state index is 13.3. The Morgan fingerprint density at radius 3 is 2.46 bits per heavy atom. The average molecular weight is 678 g/mol. The monoisotopic (exact) mass is 675 g/mol. The van der Waals surface area contributed by atoms with Crippen LogP contribution >= 0.6 is 43.5 Å². The summed E-state index contributed by atoms with van der Waals surface area (Å²) in [6.45, 7) is 1.90. The largest absolute Gasteiger partial charge is 0.494 e. The molecule has 0 spiro atoms. The van der Waals surface area contributed by atoms with Crippen molar-refractivity contribution >= 4 is 84.7 Å². The number of para-hydroxylation sites is 1. The van der Waals surface area contributed by atoms with E-state index in [-0.39, 0.29) is 17.0 Å². The quantitative estimate of drug-likeness (QED) is 0.225. The van der Waals surface area contributed by atoms with Gasteiger partial charge in [-0.15, -0.1) is 0 Å². The molecule has 3 aromatic rings. The normalized spacial score (nSPS) is 14.3. The standard InChI is InChI=1S/C27H20Br2ClN3O6/c1-2-38-18-9-7-17(8-10-18)33-26(36)19(25(35)32-27(33)37)12-15-11-16(28)13-20(29)24(15)39-14-23(34)31-22-6-4-3-5-21(22)30/h3-13H,2,14H2,1H3,(H,31,34)(H,32,35,37)/b19-12+. The molecule has 0 radical (unpaired) electrons. The minimum absolute atomic E-state index is 0.199. The number of hydrogen-bond acceptors (Lipinski definition) is 6. The Morgan fingerprint density at radius 2 is 1.77 bits per heavy atom. The van der Waals surface area contributed by atoms with E-state index in [2.05, 4.69) is 42.5 Å². The topological polar surface area (TPSA) is 114 Å². The fraction of sp³-hybridized carbons (Fsp3) is 0.111. The Labute approximate surface area is 245 Å². The summed E-state index contributed by atoms with van der Waals surface area (Å²) in [5.41, 5.74) is 0.677. The lowest BCUT2D eigenvalue weighted by molar-refractivity contribution is -0.122. The van der Waals surface area contributed by atoms with Crippen LogP contribution < -0.4 is 25.0 Å². The lowest BCUT2D eigenvalue weighted by atomic mass is 10.1. The first-order valence-electron chi connectivity index (χ1n) is 11.5. The summed E-state index contributed by atoms with van der Waals surface area (Å²) in [4.78, 5) is 52.0. The number of nitrogens with one attached hydrogen (secondary N) is 2. The molecule has 2 N–H and O–H groups in total. The Kier molecular flexibility index (Phi) is 9.05. The van der Waals surface area contributed by atoms with E-state index in [4.69, 9.17) is 21.1 Å². The number of hydrogen-bond donors (Lipinski definition) is 2. The zero-order valence-electron chi connectivity index (χ0n) is 20.3. The minimum Gasteiger partial charge on any atom is -0.494 e. The van der Waals surface area contributed by atoms with Gasteiger partial charge in [-0.1, -0.05) is 39.7 Å². The number of halogens is 3. The molecule has 0 aromatic heterocycles. The summed E-state index contributed by atoms with van der Waals surface area (Å²) in [5.74, 6) is -1.41. The van der Waals surface area contributed by atoms with Crippen LogP contribution in [0, 0.1) is 0 Å². The van der Waals surface area contributed by atoms with Gasteiger partial charge in [0.1, 0.15) is 17.1 Å². The van der Waals surface area contributed by atoms with Crippen LogP contribution in [0.2, 0.25) is 5.02 Å². The number of ether oxygens (including phenoxy) is 2. The van der Waals surface area contributed by atoms with Gasteiger partial charge in [-0.2, -0.15) is 0 Å². The van der Waals surface area contributed by atoms with E-state index < -0.39 is 30.4 Å². The maximum absolute atomic E-state index is 13.3. The molecule has 0 aliphatic carbocycles. The van der Waals surface area contributed by atoms with Gasteiger partial charge >= 0.3 is 6.03 Å². The number of barbiturate groups is 1. The molecule has 39 heavy (non-hydrogen) atoms. The Balaban J connectivity index is 1.61. The predicted octanol–water partition coefficient (Wildman–Crippen LogP) is 5.95. The second-order valence-electron chi connectivity index (χ2n) is 8.01. The number of carbonyl (C=O) groups is 4. The van der Waals surface area contributed by atoms with Crippen molar-refractivity contribution < 1.29 is 28.7 Å². The van der Waals surface area contributed by atoms with Crippen LogP contribution in [0.15, 0.2) is 75.2 Å². The summed E-state index contributed by atoms with van der Waals surface area (Å²) in [5, 5.41) is 5.22. The van der Waals surface area contributed by atoms with Crippen molar-refractivity contribution in [1.29, 1.82) is 0 Å². The molecule has 5 amide bonds. The average Bonchev–Trinajstić information content (AvgIpc) is 2.88. The third-order valence-electron chi connectivity index (χ3n) is 5.34. The van der Waals surface area contributed by atoms with Crippen molar-refractivity contribution in [2.45, 2.75) is 6.92 Å². The lowest BCUT2D eigenvalue weighted by Gasteiger charge is -2.26. The predicted molar refractivity (Wildman–Crippen MR) is 154 cm³/mol. The van der Waals surface area contributed by atoms with Gasteiger partial charge < -0.3 is 14.8 Å². The summed E-state index contributed by atoms with van der Waals surface area (Å²) in [6, 6.07) is 15.5. The van der Waals surface area contributed by atoms with Crippen LogP contribution in [0.4, 0.5) is 16.2 Å². The molecule has 4 rings (SSSR count). The van der Waals surface area contributed by atoms with E-state index in [9.17, 15) is 19.2 Å². The second kappa shape index (κ2) is 12.5. The van der Waals surface area contributed by atoms with Crippen molar-refractivity contribution in [2.75, 3.05) is 23.4 Å². The first kappa shape index (κ1) is 28.3. The van der Waals surface area contributed by atoms with Gasteiger partial charge in [0, 0.05) is 10.0 Å². The van der Waals surface area contributed by atoms with E-state index in [1.54, 1.807) is 48.5 Å². The molecular formula is C27H20Br2ClN3O6. The van der Waals surface area contributed by atoms with Crippen LogP contribution in [-0.2, 0) is 14.4 Å². The van der Waals surface area contributed by atoms with E-state index in [1.165, 1.54) is 18.2 Å². The fourth-order valence-corrected chi connectivity index (χ4v) is 5.19. The van der Waals surface area contributed by atoms with E-state index in [0.717, 1.165) is 4.90 Å². The number of urea groups is 1. The molecule has 0 saturated carbocycles. The Bertz CT molecular complexity index is 1490. The van der Waals surface area contributed by atoms with Crippen LogP contribution in [0.3, 0.4) is 0 Å². The van der Waals surface area contributed by atoms with Crippen molar-refractivity contribution in [3.63, 3.8) is 0 Å². The van der Waals surface area contributed by atoms with Gasteiger partial charge in [0.05, 0.1) is 27.5 Å². The molecule has 1 saturated heterocycles. The van der Waals surface area contributed by atoms with E-state index >= 15 is 0 Å². The molecule has 1 heterocycles. The molecule has 0 unspecified atom stereocenters. The fourth-order valence-electron chi connectivity index (χ4n) is 3.63. The second-order valence-corrected chi connectivity index (χ2v) is 10.2. The number of amides is 5. The summed E-state index contributed by atoms with van der Waals surface area (Å²) in [7, 11) is 0. The van der Waals surface area contributed by atoms with E-state index in [1.807, 2.05) is 6.92 Å². The number of nitrogens with zero attached hydrogens (tertiary/aromatic N) is 1. The molecule has 0 atom stereocenters. The molecule has 3 aromatic carbocycles. The van der Waals surface area contributed by atoms with Gasteiger partial charge in [0.15, 0.2) is 6.61 Å². The molecule has 0 bridgehead atoms. The molecular weight excluding hydrogens is 658 g/mol. The summed E-state index contributed by atoms with van der Waals surface area (Å²) < 4.78 is 12.2. The highest BCUT2D eigenvalue weighted by Gasteiger charge is 2.37. The van der Waals surface area contributed by atoms with Crippen molar-refractivity contribution in [3.05, 3.63) is 85.8 Å². The Morgan fingerprint density at radius 1 is 1.05 bits per heavy atom. The van der Waals surface area contributed by atoms with Crippen molar-refractivity contribution in [3.8, 4) is 11.5 Å². The number of benzene rings is 3. The van der Waals surface area contributed by atoms with E-state index in [0.29, 0.717) is 37.6 Å². The first-order chi connectivity index (χ1) is 18.7. The maximum Gasteiger partial charge on any atom is 0.335 e. The van der Waals surface area contributed by atoms with Gasteiger partial charge in [-0.25, -0.2) is 9.69 Å².